The summed E-state index contributed by atoms with van der Waals surface area (Å²) in [6.07, 6.45) is 1.29. The zero-order valence-corrected chi connectivity index (χ0v) is 11.3. The molecule has 1 aromatic heterocycles. The van der Waals surface area contributed by atoms with E-state index in [4.69, 9.17) is 28.3 Å². The minimum Gasteiger partial charge on any atom is -0.480 e. The first-order valence-corrected chi connectivity index (χ1v) is 6.84. The van der Waals surface area contributed by atoms with E-state index in [0.29, 0.717) is 11.6 Å². The molecule has 2 rings (SSSR count). The molecule has 5 nitrogen and oxygen atoms in total. The molecule has 1 saturated heterocycles. The minimum atomic E-state index is -1.01. The summed E-state index contributed by atoms with van der Waals surface area (Å²) in [6, 6.07) is 0.582. The Bertz CT molecular complexity index is 512. The van der Waals surface area contributed by atoms with Crippen LogP contribution in [0.4, 0.5) is 0 Å². The Hall–Kier alpha value is -0.980. The molecular formula is C10H8Cl2N2O3S. The van der Waals surface area contributed by atoms with E-state index >= 15 is 0 Å². The molecule has 1 aliphatic heterocycles. The minimum absolute atomic E-state index is 0.110. The van der Waals surface area contributed by atoms with Crippen LogP contribution in [0.1, 0.15) is 10.4 Å². The van der Waals surface area contributed by atoms with Crippen LogP contribution >= 0.6 is 35.0 Å². The lowest BCUT2D eigenvalue weighted by atomic mass is 10.2. The van der Waals surface area contributed by atoms with Gasteiger partial charge in [0, 0.05) is 11.9 Å². The van der Waals surface area contributed by atoms with Crippen LogP contribution < -0.4 is 0 Å². The molecule has 1 aromatic rings. The number of amides is 1. The van der Waals surface area contributed by atoms with Crippen LogP contribution in [0.15, 0.2) is 12.3 Å². The number of carboxylic acid groups (broad SMARTS) is 1. The largest absolute Gasteiger partial charge is 0.480 e. The van der Waals surface area contributed by atoms with E-state index in [9.17, 15) is 9.59 Å². The van der Waals surface area contributed by atoms with E-state index in [-0.39, 0.29) is 15.7 Å². The molecule has 18 heavy (non-hydrogen) atoms. The summed E-state index contributed by atoms with van der Waals surface area (Å²) in [7, 11) is 0. The number of hydrogen-bond donors (Lipinski definition) is 1. The molecule has 1 N–H and O–H groups in total. The summed E-state index contributed by atoms with van der Waals surface area (Å²) in [5, 5.41) is 9.29. The normalized spacial score (nSPS) is 19.0. The molecule has 0 spiro atoms. The second-order valence-electron chi connectivity index (χ2n) is 3.63. The highest BCUT2D eigenvalue weighted by atomic mass is 35.5. The van der Waals surface area contributed by atoms with Crippen molar-refractivity contribution >= 4 is 46.8 Å². The highest BCUT2D eigenvalue weighted by Gasteiger charge is 2.35. The van der Waals surface area contributed by atoms with Gasteiger partial charge in [-0.05, 0) is 6.07 Å². The van der Waals surface area contributed by atoms with Crippen LogP contribution in [-0.4, -0.2) is 44.5 Å². The van der Waals surface area contributed by atoms with E-state index < -0.39 is 17.9 Å². The van der Waals surface area contributed by atoms with Gasteiger partial charge in [0.1, 0.15) is 11.2 Å². The van der Waals surface area contributed by atoms with Crippen molar-refractivity contribution in [2.45, 2.75) is 6.04 Å². The van der Waals surface area contributed by atoms with Gasteiger partial charge in [-0.3, -0.25) is 4.79 Å². The molecule has 0 radical (unpaired) electrons. The summed E-state index contributed by atoms with van der Waals surface area (Å²) in [5.74, 6) is -0.689. The predicted molar refractivity (Wildman–Crippen MR) is 69.2 cm³/mol. The van der Waals surface area contributed by atoms with Gasteiger partial charge >= 0.3 is 5.97 Å². The van der Waals surface area contributed by atoms with E-state index in [2.05, 4.69) is 4.98 Å². The first-order chi connectivity index (χ1) is 8.50. The average Bonchev–Trinajstić information content (AvgIpc) is 2.81. The topological polar surface area (TPSA) is 70.5 Å². The molecule has 1 fully saturated rings. The maximum atomic E-state index is 12.1. The van der Waals surface area contributed by atoms with Gasteiger partial charge < -0.3 is 10.0 Å². The Morgan fingerprint density at radius 1 is 1.50 bits per heavy atom. The Balaban J connectivity index is 2.25. The van der Waals surface area contributed by atoms with Gasteiger partial charge in [-0.2, -0.15) is 0 Å². The molecule has 1 atom stereocenters. The number of thioether (sulfide) groups is 1. The number of aliphatic carboxylic acids is 1. The Labute approximate surface area is 117 Å². The quantitative estimate of drug-likeness (QED) is 0.846. The fourth-order valence-electron chi connectivity index (χ4n) is 1.55. The smallest absolute Gasteiger partial charge is 0.327 e. The lowest BCUT2D eigenvalue weighted by Crippen LogP contribution is -2.41. The van der Waals surface area contributed by atoms with Gasteiger partial charge in [0.2, 0.25) is 0 Å². The first-order valence-electron chi connectivity index (χ1n) is 4.93. The maximum absolute atomic E-state index is 12.1. The van der Waals surface area contributed by atoms with Crippen LogP contribution in [-0.2, 0) is 4.79 Å². The lowest BCUT2D eigenvalue weighted by Gasteiger charge is -2.20. The second-order valence-corrected chi connectivity index (χ2v) is 5.39. The lowest BCUT2D eigenvalue weighted by molar-refractivity contribution is -0.140. The summed E-state index contributed by atoms with van der Waals surface area (Å²) < 4.78 is 0. The molecule has 0 aliphatic carbocycles. The first kappa shape index (κ1) is 13.5. The van der Waals surface area contributed by atoms with Crippen LogP contribution in [0.3, 0.4) is 0 Å². The average molecular weight is 307 g/mol. The van der Waals surface area contributed by atoms with Crippen molar-refractivity contribution < 1.29 is 14.7 Å². The van der Waals surface area contributed by atoms with Gasteiger partial charge in [0.05, 0.1) is 16.5 Å². The molecular weight excluding hydrogens is 299 g/mol. The number of halogens is 2. The van der Waals surface area contributed by atoms with E-state index in [1.165, 1.54) is 28.9 Å². The van der Waals surface area contributed by atoms with Crippen LogP contribution in [0, 0.1) is 0 Å². The number of nitrogens with zero attached hydrogens (tertiary/aromatic N) is 2. The highest BCUT2D eigenvalue weighted by Crippen LogP contribution is 2.25. The fraction of sp³-hybridized carbons (Fsp3) is 0.300. The Morgan fingerprint density at radius 3 is 2.83 bits per heavy atom. The predicted octanol–water partition coefficient (Wildman–Crippen LogP) is 1.99. The fourth-order valence-corrected chi connectivity index (χ4v) is 2.97. The Kier molecular flexibility index (Phi) is 3.99. The summed E-state index contributed by atoms with van der Waals surface area (Å²) in [4.78, 5) is 28.2. The molecule has 0 unspecified atom stereocenters. The Morgan fingerprint density at radius 2 is 2.22 bits per heavy atom. The third-order valence-electron chi connectivity index (χ3n) is 2.47. The molecule has 1 amide bonds. The maximum Gasteiger partial charge on any atom is 0.327 e. The number of carboxylic acids is 1. The monoisotopic (exact) mass is 306 g/mol. The van der Waals surface area contributed by atoms with Gasteiger partial charge in [0.15, 0.2) is 0 Å². The summed E-state index contributed by atoms with van der Waals surface area (Å²) in [5.41, 5.74) is 0.234. The molecule has 1 aliphatic rings. The molecule has 8 heteroatoms. The standard InChI is InChI=1S/C10H8Cl2N2O3S/c11-6-1-5(2-13-8(6)12)9(15)14-4-18-3-7(14)10(16)17/h1-2,7H,3-4H2,(H,16,17)/t7-/m0/s1. The van der Waals surface area contributed by atoms with Crippen molar-refractivity contribution in [3.05, 3.63) is 28.0 Å². The highest BCUT2D eigenvalue weighted by molar-refractivity contribution is 7.99. The van der Waals surface area contributed by atoms with Gasteiger partial charge in [-0.25, -0.2) is 9.78 Å². The SMILES string of the molecule is O=C(O)[C@@H]1CSCN1C(=O)c1cnc(Cl)c(Cl)c1. The zero-order valence-electron chi connectivity index (χ0n) is 8.97. The van der Waals surface area contributed by atoms with Crippen molar-refractivity contribution in [2.24, 2.45) is 0 Å². The van der Waals surface area contributed by atoms with E-state index in [1.807, 2.05) is 0 Å². The zero-order chi connectivity index (χ0) is 13.3. The van der Waals surface area contributed by atoms with E-state index in [0.717, 1.165) is 0 Å². The van der Waals surface area contributed by atoms with Crippen molar-refractivity contribution in [3.8, 4) is 0 Å². The molecule has 0 bridgehead atoms. The molecule has 96 valence electrons. The second kappa shape index (κ2) is 5.34. The summed E-state index contributed by atoms with van der Waals surface area (Å²) in [6.45, 7) is 0. The van der Waals surface area contributed by atoms with E-state index in [1.54, 1.807) is 0 Å². The molecule has 0 saturated carbocycles. The van der Waals surface area contributed by atoms with Gasteiger partial charge in [0.25, 0.3) is 5.91 Å². The number of rotatable bonds is 2. The number of aromatic nitrogens is 1. The van der Waals surface area contributed by atoms with Crippen molar-refractivity contribution in [2.75, 3.05) is 11.6 Å². The van der Waals surface area contributed by atoms with Crippen molar-refractivity contribution in [1.82, 2.24) is 9.88 Å². The third-order valence-corrected chi connectivity index (χ3v) is 4.17. The van der Waals surface area contributed by atoms with Crippen LogP contribution in [0.5, 0.6) is 0 Å². The number of carbonyl (C=O) groups excluding carboxylic acids is 1. The third kappa shape index (κ3) is 2.55. The van der Waals surface area contributed by atoms with Crippen LogP contribution in [0.2, 0.25) is 10.2 Å². The van der Waals surface area contributed by atoms with Crippen molar-refractivity contribution in [1.29, 1.82) is 0 Å². The van der Waals surface area contributed by atoms with Gasteiger partial charge in [-0.1, -0.05) is 23.2 Å². The van der Waals surface area contributed by atoms with Gasteiger partial charge in [-0.15, -0.1) is 11.8 Å². The summed E-state index contributed by atoms with van der Waals surface area (Å²) >= 11 is 12.8. The van der Waals surface area contributed by atoms with Crippen LogP contribution in [0.25, 0.3) is 0 Å². The molecule has 0 aromatic carbocycles. The van der Waals surface area contributed by atoms with Crippen molar-refractivity contribution in [3.63, 3.8) is 0 Å². The number of hydrogen-bond acceptors (Lipinski definition) is 4. The molecule has 2 heterocycles. The number of pyridine rings is 1. The number of carbonyl (C=O) groups is 2.